The van der Waals surface area contributed by atoms with Crippen LogP contribution in [0.2, 0.25) is 0 Å². The second kappa shape index (κ2) is 6.95. The molecule has 0 aromatic heterocycles. The molecule has 100 valence electrons. The molecule has 2 aromatic carbocycles. The third kappa shape index (κ3) is 4.42. The van der Waals surface area contributed by atoms with E-state index in [1.54, 1.807) is 0 Å². The summed E-state index contributed by atoms with van der Waals surface area (Å²) in [5.74, 6) is 0. The van der Waals surface area contributed by atoms with Gasteiger partial charge >= 0.3 is 0 Å². The molecule has 1 N–H and O–H groups in total. The molecule has 2 aromatic rings. The van der Waals surface area contributed by atoms with Gasteiger partial charge in [0.15, 0.2) is 0 Å². The summed E-state index contributed by atoms with van der Waals surface area (Å²) in [6, 6.07) is 19.2. The maximum absolute atomic E-state index is 3.47. The van der Waals surface area contributed by atoms with Crippen molar-refractivity contribution in [1.29, 1.82) is 0 Å². The molecule has 0 saturated heterocycles. The van der Waals surface area contributed by atoms with Crippen molar-refractivity contribution in [1.82, 2.24) is 5.32 Å². The number of aryl methyl sites for hydroxylation is 1. The summed E-state index contributed by atoms with van der Waals surface area (Å²) in [4.78, 5) is 2.28. The largest absolute Gasteiger partial charge is 0.373 e. The Labute approximate surface area is 116 Å². The van der Waals surface area contributed by atoms with Crippen molar-refractivity contribution in [3.8, 4) is 0 Å². The van der Waals surface area contributed by atoms with Crippen molar-refractivity contribution >= 4 is 5.69 Å². The van der Waals surface area contributed by atoms with Gasteiger partial charge in [0.1, 0.15) is 0 Å². The molecule has 2 heteroatoms. The van der Waals surface area contributed by atoms with E-state index in [9.17, 15) is 0 Å². The van der Waals surface area contributed by atoms with E-state index in [1.807, 2.05) is 0 Å². The maximum Gasteiger partial charge on any atom is 0.0364 e. The van der Waals surface area contributed by atoms with Gasteiger partial charge < -0.3 is 10.2 Å². The lowest BCUT2D eigenvalue weighted by Crippen LogP contribution is -2.28. The molecule has 2 rings (SSSR count). The number of likely N-dealkylation sites (N-methyl/N-ethyl adjacent to an activating group) is 1. The first-order chi connectivity index (χ1) is 9.25. The van der Waals surface area contributed by atoms with Gasteiger partial charge in [-0.2, -0.15) is 0 Å². The first-order valence-electron chi connectivity index (χ1n) is 6.78. The van der Waals surface area contributed by atoms with E-state index in [1.165, 1.54) is 16.8 Å². The Morgan fingerprint density at radius 2 is 1.63 bits per heavy atom. The van der Waals surface area contributed by atoms with Gasteiger partial charge in [0.2, 0.25) is 0 Å². The molecule has 2 nitrogen and oxygen atoms in total. The molecule has 0 radical (unpaired) electrons. The van der Waals surface area contributed by atoms with Gasteiger partial charge in [0.05, 0.1) is 0 Å². The molecule has 0 unspecified atom stereocenters. The van der Waals surface area contributed by atoms with Gasteiger partial charge in [-0.25, -0.2) is 0 Å². The quantitative estimate of drug-likeness (QED) is 0.796. The van der Waals surface area contributed by atoms with Crippen LogP contribution in [0.15, 0.2) is 54.6 Å². The maximum atomic E-state index is 3.47. The lowest BCUT2D eigenvalue weighted by Gasteiger charge is -2.19. The topological polar surface area (TPSA) is 15.3 Å². The van der Waals surface area contributed by atoms with Crippen molar-refractivity contribution in [2.75, 3.05) is 25.0 Å². The highest BCUT2D eigenvalue weighted by Gasteiger charge is 1.99. The van der Waals surface area contributed by atoms with Crippen LogP contribution in [-0.4, -0.2) is 20.1 Å². The van der Waals surface area contributed by atoms with Crippen LogP contribution in [0, 0.1) is 6.92 Å². The molecule has 0 spiro atoms. The third-order valence-electron chi connectivity index (χ3n) is 3.27. The average molecular weight is 254 g/mol. The lowest BCUT2D eigenvalue weighted by molar-refractivity contribution is 0.679. The summed E-state index contributed by atoms with van der Waals surface area (Å²) in [7, 11) is 2.13. The van der Waals surface area contributed by atoms with E-state index in [0.717, 1.165) is 19.6 Å². The summed E-state index contributed by atoms with van der Waals surface area (Å²) in [5.41, 5.74) is 3.91. The molecule has 0 aliphatic heterocycles. The Bertz CT molecular complexity index is 476. The summed E-state index contributed by atoms with van der Waals surface area (Å²) >= 11 is 0. The van der Waals surface area contributed by atoms with Crippen LogP contribution in [0.3, 0.4) is 0 Å². The number of hydrogen-bond donors (Lipinski definition) is 1. The van der Waals surface area contributed by atoms with Gasteiger partial charge in [-0.05, 0) is 24.6 Å². The van der Waals surface area contributed by atoms with E-state index >= 15 is 0 Å². The highest BCUT2D eigenvalue weighted by atomic mass is 15.1. The Kier molecular flexibility index (Phi) is 4.99. The third-order valence-corrected chi connectivity index (χ3v) is 3.27. The monoisotopic (exact) mass is 254 g/mol. The molecule has 0 atom stereocenters. The van der Waals surface area contributed by atoms with Crippen LogP contribution in [-0.2, 0) is 6.54 Å². The SMILES string of the molecule is Cc1ccc(N(C)CCNCc2ccccc2)cc1. The van der Waals surface area contributed by atoms with Gasteiger partial charge in [-0.1, -0.05) is 48.0 Å². The Morgan fingerprint density at radius 3 is 2.32 bits per heavy atom. The highest BCUT2D eigenvalue weighted by molar-refractivity contribution is 5.46. The number of nitrogens with one attached hydrogen (secondary N) is 1. The van der Waals surface area contributed by atoms with Crippen LogP contribution in [0.1, 0.15) is 11.1 Å². The molecule has 19 heavy (non-hydrogen) atoms. The van der Waals surface area contributed by atoms with E-state index in [-0.39, 0.29) is 0 Å². The Morgan fingerprint density at radius 1 is 0.947 bits per heavy atom. The Hall–Kier alpha value is -1.80. The van der Waals surface area contributed by atoms with Crippen molar-refractivity contribution in [2.24, 2.45) is 0 Å². The molecule has 0 saturated carbocycles. The van der Waals surface area contributed by atoms with Crippen molar-refractivity contribution < 1.29 is 0 Å². The zero-order valence-electron chi connectivity index (χ0n) is 11.8. The minimum atomic E-state index is 0.933. The normalized spacial score (nSPS) is 10.4. The molecule has 0 fully saturated rings. The Balaban J connectivity index is 1.72. The fourth-order valence-electron chi connectivity index (χ4n) is 2.00. The summed E-state index contributed by atoms with van der Waals surface area (Å²) in [5, 5.41) is 3.47. The summed E-state index contributed by atoms with van der Waals surface area (Å²) in [6.45, 7) is 5.04. The first kappa shape index (κ1) is 13.6. The highest BCUT2D eigenvalue weighted by Crippen LogP contribution is 2.12. The summed E-state index contributed by atoms with van der Waals surface area (Å²) in [6.07, 6.45) is 0. The predicted octanol–water partition coefficient (Wildman–Crippen LogP) is 3.22. The lowest BCUT2D eigenvalue weighted by atomic mass is 10.2. The van der Waals surface area contributed by atoms with E-state index in [2.05, 4.69) is 78.8 Å². The molecular weight excluding hydrogens is 232 g/mol. The van der Waals surface area contributed by atoms with Crippen LogP contribution >= 0.6 is 0 Å². The van der Waals surface area contributed by atoms with Crippen LogP contribution in [0.4, 0.5) is 5.69 Å². The standard InChI is InChI=1S/C17H22N2/c1-15-8-10-17(11-9-15)19(2)13-12-18-14-16-6-4-3-5-7-16/h3-11,18H,12-14H2,1-2H3. The zero-order valence-corrected chi connectivity index (χ0v) is 11.8. The number of anilines is 1. The number of nitrogens with zero attached hydrogens (tertiary/aromatic N) is 1. The minimum absolute atomic E-state index is 0.933. The van der Waals surface area contributed by atoms with E-state index in [4.69, 9.17) is 0 Å². The molecular formula is C17H22N2. The molecule has 0 aliphatic carbocycles. The smallest absolute Gasteiger partial charge is 0.0364 e. The van der Waals surface area contributed by atoms with Gasteiger partial charge in [0, 0.05) is 32.4 Å². The minimum Gasteiger partial charge on any atom is -0.373 e. The van der Waals surface area contributed by atoms with Crippen LogP contribution in [0.5, 0.6) is 0 Å². The number of rotatable bonds is 6. The van der Waals surface area contributed by atoms with Gasteiger partial charge in [-0.3, -0.25) is 0 Å². The molecule has 0 amide bonds. The van der Waals surface area contributed by atoms with Crippen molar-refractivity contribution in [3.05, 3.63) is 65.7 Å². The summed E-state index contributed by atoms with van der Waals surface area (Å²) < 4.78 is 0. The fraction of sp³-hybridized carbons (Fsp3) is 0.294. The molecule has 0 aliphatic rings. The van der Waals surface area contributed by atoms with Crippen LogP contribution < -0.4 is 10.2 Å². The van der Waals surface area contributed by atoms with Crippen molar-refractivity contribution in [2.45, 2.75) is 13.5 Å². The number of hydrogen-bond acceptors (Lipinski definition) is 2. The van der Waals surface area contributed by atoms with Gasteiger partial charge in [0.25, 0.3) is 0 Å². The van der Waals surface area contributed by atoms with E-state index < -0.39 is 0 Å². The number of benzene rings is 2. The van der Waals surface area contributed by atoms with Crippen LogP contribution in [0.25, 0.3) is 0 Å². The average Bonchev–Trinajstić information content (AvgIpc) is 2.45. The fourth-order valence-corrected chi connectivity index (χ4v) is 2.00. The molecule has 0 bridgehead atoms. The second-order valence-electron chi connectivity index (χ2n) is 4.92. The van der Waals surface area contributed by atoms with Crippen molar-refractivity contribution in [3.63, 3.8) is 0 Å². The van der Waals surface area contributed by atoms with E-state index in [0.29, 0.717) is 0 Å². The first-order valence-corrected chi connectivity index (χ1v) is 6.78. The second-order valence-corrected chi connectivity index (χ2v) is 4.92. The predicted molar refractivity (Wildman–Crippen MR) is 82.6 cm³/mol. The van der Waals surface area contributed by atoms with Gasteiger partial charge in [-0.15, -0.1) is 0 Å². The molecule has 0 heterocycles. The zero-order chi connectivity index (χ0) is 13.5.